The summed E-state index contributed by atoms with van der Waals surface area (Å²) in [6.45, 7) is 6.94. The lowest BCUT2D eigenvalue weighted by molar-refractivity contribution is -0.172. The first-order chi connectivity index (χ1) is 9.79. The van der Waals surface area contributed by atoms with Crippen molar-refractivity contribution < 1.29 is 27.5 Å². The lowest BCUT2D eigenvalue weighted by atomic mass is 9.82. The van der Waals surface area contributed by atoms with Crippen molar-refractivity contribution in [3.63, 3.8) is 0 Å². The van der Waals surface area contributed by atoms with Gasteiger partial charge in [-0.2, -0.15) is 0 Å². The van der Waals surface area contributed by atoms with E-state index in [0.717, 1.165) is 0 Å². The molecule has 0 atom stereocenters. The van der Waals surface area contributed by atoms with Crippen LogP contribution in [-0.2, 0) is 28.9 Å². The number of hydrogen-bond acceptors (Lipinski definition) is 6. The van der Waals surface area contributed by atoms with Crippen LogP contribution in [-0.4, -0.2) is 45.1 Å². The fraction of sp³-hybridized carbons (Fsp3) is 0.857. The van der Waals surface area contributed by atoms with E-state index < -0.39 is 27.2 Å². The third-order valence-corrected chi connectivity index (χ3v) is 5.15. The summed E-state index contributed by atoms with van der Waals surface area (Å²) in [5.74, 6) is -1.61. The maximum absolute atomic E-state index is 12.2. The van der Waals surface area contributed by atoms with E-state index in [-0.39, 0.29) is 37.6 Å². The molecule has 0 aromatic carbocycles. The van der Waals surface area contributed by atoms with Gasteiger partial charge in [0.15, 0.2) is 5.41 Å². The summed E-state index contributed by atoms with van der Waals surface area (Å²) in [4.78, 5) is 24.3. The highest BCUT2D eigenvalue weighted by Crippen LogP contribution is 2.31. The van der Waals surface area contributed by atoms with E-state index in [1.807, 2.05) is 0 Å². The molecule has 0 aliphatic heterocycles. The van der Waals surface area contributed by atoms with Gasteiger partial charge in [-0.05, 0) is 33.1 Å². The molecule has 0 aliphatic carbocycles. The van der Waals surface area contributed by atoms with E-state index in [2.05, 4.69) is 0 Å². The Morgan fingerprint density at radius 1 is 0.905 bits per heavy atom. The minimum absolute atomic E-state index is 0.0401. The lowest BCUT2D eigenvalue weighted by Gasteiger charge is -2.27. The molecular formula is C14H26O6S. The number of esters is 2. The van der Waals surface area contributed by atoms with Crippen molar-refractivity contribution in [3.8, 4) is 0 Å². The molecule has 0 bridgehead atoms. The summed E-state index contributed by atoms with van der Waals surface area (Å²) >= 11 is 0. The van der Waals surface area contributed by atoms with E-state index >= 15 is 0 Å². The highest BCUT2D eigenvalue weighted by molar-refractivity contribution is 7.91. The molecule has 7 heteroatoms. The predicted octanol–water partition coefficient (Wildman–Crippen LogP) is 1.72. The molecule has 124 valence electrons. The molecule has 0 amide bonds. The monoisotopic (exact) mass is 322 g/mol. The fourth-order valence-electron chi connectivity index (χ4n) is 2.03. The maximum Gasteiger partial charge on any atom is 0.323 e. The number of ether oxygens (including phenoxy) is 2. The van der Waals surface area contributed by atoms with Crippen molar-refractivity contribution in [2.45, 2.75) is 47.0 Å². The van der Waals surface area contributed by atoms with E-state index in [4.69, 9.17) is 9.47 Å². The molecule has 0 aromatic rings. The highest BCUT2D eigenvalue weighted by Gasteiger charge is 2.47. The summed E-state index contributed by atoms with van der Waals surface area (Å²) in [7, 11) is -3.29. The molecule has 0 saturated carbocycles. The molecular weight excluding hydrogens is 296 g/mol. The van der Waals surface area contributed by atoms with Crippen LogP contribution < -0.4 is 0 Å². The summed E-state index contributed by atoms with van der Waals surface area (Å²) in [5, 5.41) is 0. The van der Waals surface area contributed by atoms with E-state index in [9.17, 15) is 18.0 Å². The van der Waals surface area contributed by atoms with Gasteiger partial charge in [0.2, 0.25) is 0 Å². The molecule has 0 spiro atoms. The number of carbonyl (C=O) groups excluding carboxylic acids is 2. The molecule has 0 aliphatic rings. The van der Waals surface area contributed by atoms with Gasteiger partial charge in [-0.3, -0.25) is 9.59 Å². The normalized spacial score (nSPS) is 12.0. The molecule has 6 nitrogen and oxygen atoms in total. The third-order valence-electron chi connectivity index (χ3n) is 3.29. The average Bonchev–Trinajstić information content (AvgIpc) is 2.40. The summed E-state index contributed by atoms with van der Waals surface area (Å²) < 4.78 is 33.6. The number of hydrogen-bond donors (Lipinski definition) is 0. The van der Waals surface area contributed by atoms with Crippen molar-refractivity contribution in [1.29, 1.82) is 0 Å². The zero-order valence-corrected chi connectivity index (χ0v) is 14.1. The van der Waals surface area contributed by atoms with Crippen molar-refractivity contribution in [3.05, 3.63) is 0 Å². The summed E-state index contributed by atoms with van der Waals surface area (Å²) in [6, 6.07) is 0. The Labute approximate surface area is 127 Å². The van der Waals surface area contributed by atoms with Crippen LogP contribution in [0.15, 0.2) is 0 Å². The van der Waals surface area contributed by atoms with Gasteiger partial charge in [0.25, 0.3) is 0 Å². The Bertz CT molecular complexity index is 422. The summed E-state index contributed by atoms with van der Waals surface area (Å²) in [6.07, 6.45) is 0.538. The molecule has 21 heavy (non-hydrogen) atoms. The Morgan fingerprint density at radius 3 is 1.71 bits per heavy atom. The first-order valence-corrected chi connectivity index (χ1v) is 9.16. The quantitative estimate of drug-likeness (QED) is 0.449. The van der Waals surface area contributed by atoms with E-state index in [1.165, 1.54) is 0 Å². The Hall–Kier alpha value is -1.11. The molecule has 0 heterocycles. The molecule has 0 rings (SSSR count). The minimum Gasteiger partial charge on any atom is -0.465 e. The van der Waals surface area contributed by atoms with Crippen molar-refractivity contribution >= 4 is 21.8 Å². The zero-order valence-electron chi connectivity index (χ0n) is 13.3. The maximum atomic E-state index is 12.2. The minimum atomic E-state index is -3.29. The van der Waals surface area contributed by atoms with Gasteiger partial charge in [-0.25, -0.2) is 8.42 Å². The number of carbonyl (C=O) groups is 2. The van der Waals surface area contributed by atoms with Crippen LogP contribution in [0.1, 0.15) is 47.0 Å². The van der Waals surface area contributed by atoms with Crippen LogP contribution in [0.5, 0.6) is 0 Å². The number of sulfone groups is 1. The van der Waals surface area contributed by atoms with Gasteiger partial charge < -0.3 is 9.47 Å². The van der Waals surface area contributed by atoms with Gasteiger partial charge >= 0.3 is 11.9 Å². The third kappa shape index (κ3) is 5.65. The second-order valence-electron chi connectivity index (χ2n) is 4.78. The highest BCUT2D eigenvalue weighted by atomic mass is 32.2. The molecule has 0 saturated heterocycles. The van der Waals surface area contributed by atoms with Crippen LogP contribution in [0, 0.1) is 5.41 Å². The smallest absolute Gasteiger partial charge is 0.323 e. The number of rotatable bonds is 10. The SMILES string of the molecule is CCCS(=O)(=O)CCC(CC)(C(=O)OCC)C(=O)OCC. The summed E-state index contributed by atoms with van der Waals surface area (Å²) in [5.41, 5.74) is -1.53. The van der Waals surface area contributed by atoms with Gasteiger partial charge in [-0.15, -0.1) is 0 Å². The van der Waals surface area contributed by atoms with Crippen LogP contribution in [0.2, 0.25) is 0 Å². The van der Waals surface area contributed by atoms with Gasteiger partial charge in [-0.1, -0.05) is 13.8 Å². The largest absolute Gasteiger partial charge is 0.465 e. The van der Waals surface area contributed by atoms with Crippen LogP contribution in [0.4, 0.5) is 0 Å². The molecule has 0 radical (unpaired) electrons. The molecule has 0 unspecified atom stereocenters. The molecule has 0 aromatic heterocycles. The first kappa shape index (κ1) is 19.9. The molecule has 0 N–H and O–H groups in total. The van der Waals surface area contributed by atoms with Gasteiger partial charge in [0.1, 0.15) is 9.84 Å². The average molecular weight is 322 g/mol. The van der Waals surface area contributed by atoms with Gasteiger partial charge in [0, 0.05) is 5.75 Å². The Kier molecular flexibility index (Phi) is 8.54. The van der Waals surface area contributed by atoms with E-state index in [1.54, 1.807) is 27.7 Å². The topological polar surface area (TPSA) is 86.7 Å². The fourth-order valence-corrected chi connectivity index (χ4v) is 3.52. The standard InChI is InChI=1S/C14H26O6S/c1-5-10-21(17,18)11-9-14(6-2,12(15)19-7-3)13(16)20-8-4/h5-11H2,1-4H3. The lowest BCUT2D eigenvalue weighted by Crippen LogP contribution is -2.43. The van der Waals surface area contributed by atoms with Crippen molar-refractivity contribution in [1.82, 2.24) is 0 Å². The Balaban J connectivity index is 5.29. The van der Waals surface area contributed by atoms with Crippen molar-refractivity contribution in [2.75, 3.05) is 24.7 Å². The van der Waals surface area contributed by atoms with Crippen molar-refractivity contribution in [2.24, 2.45) is 5.41 Å². The first-order valence-electron chi connectivity index (χ1n) is 7.34. The second-order valence-corrected chi connectivity index (χ2v) is 7.08. The molecule has 0 fully saturated rings. The zero-order chi connectivity index (χ0) is 16.5. The van der Waals surface area contributed by atoms with Crippen LogP contribution >= 0.6 is 0 Å². The van der Waals surface area contributed by atoms with Crippen LogP contribution in [0.3, 0.4) is 0 Å². The predicted molar refractivity (Wildman–Crippen MR) is 79.6 cm³/mol. The van der Waals surface area contributed by atoms with Gasteiger partial charge in [0.05, 0.1) is 19.0 Å². The second kappa shape index (κ2) is 9.02. The Morgan fingerprint density at radius 2 is 1.38 bits per heavy atom. The van der Waals surface area contributed by atoms with Crippen LogP contribution in [0.25, 0.3) is 0 Å². The van der Waals surface area contributed by atoms with E-state index in [0.29, 0.717) is 6.42 Å².